The van der Waals surface area contributed by atoms with Crippen LogP contribution in [0.1, 0.15) is 93.8 Å². The van der Waals surface area contributed by atoms with E-state index in [9.17, 15) is 4.79 Å². The molecule has 0 unspecified atom stereocenters. The lowest BCUT2D eigenvalue weighted by Crippen LogP contribution is -2.00. The molecule has 0 aromatic heterocycles. The van der Waals surface area contributed by atoms with Crippen molar-refractivity contribution >= 4 is 5.97 Å². The fraction of sp³-hybridized carbons (Fsp3) is 0.850. The Bertz CT molecular complexity index is 324. The van der Waals surface area contributed by atoms with Gasteiger partial charge in [-0.05, 0) is 37.5 Å². The molecular formula is C20H39O2+. The maximum atomic E-state index is 10.5. The van der Waals surface area contributed by atoms with Gasteiger partial charge in [-0.25, -0.2) is 4.79 Å². The van der Waals surface area contributed by atoms with Crippen LogP contribution in [0.2, 0.25) is 0 Å². The van der Waals surface area contributed by atoms with Crippen molar-refractivity contribution in [3.63, 3.8) is 0 Å². The highest BCUT2D eigenvalue weighted by atomic mass is 16.4. The zero-order valence-electron chi connectivity index (χ0n) is 16.5. The second-order valence-corrected chi connectivity index (χ2v) is 7.69. The van der Waals surface area contributed by atoms with Gasteiger partial charge in [0.15, 0.2) is 0 Å². The molecular weight excluding hydrogens is 272 g/mol. The first-order valence-electron chi connectivity index (χ1n) is 9.21. The molecule has 0 radical (unpaired) electrons. The molecule has 0 aliphatic heterocycles. The molecule has 130 valence electrons. The minimum absolute atomic E-state index is 0. The van der Waals surface area contributed by atoms with E-state index >= 15 is 0 Å². The number of carboxylic acid groups (broad SMARTS) is 1. The molecule has 22 heavy (non-hydrogen) atoms. The van der Waals surface area contributed by atoms with Crippen molar-refractivity contribution in [3.8, 4) is 0 Å². The van der Waals surface area contributed by atoms with E-state index in [1.807, 2.05) is 6.92 Å². The van der Waals surface area contributed by atoms with Crippen molar-refractivity contribution in [2.24, 2.45) is 17.8 Å². The highest BCUT2D eigenvalue weighted by Crippen LogP contribution is 2.21. The Balaban J connectivity index is 0. The monoisotopic (exact) mass is 311 g/mol. The van der Waals surface area contributed by atoms with E-state index in [1.54, 1.807) is 0 Å². The minimum Gasteiger partial charge on any atom is -0.478 e. The Morgan fingerprint density at radius 2 is 1.36 bits per heavy atom. The van der Waals surface area contributed by atoms with Gasteiger partial charge in [0.25, 0.3) is 0 Å². The molecule has 0 aromatic carbocycles. The van der Waals surface area contributed by atoms with Crippen molar-refractivity contribution in [3.05, 3.63) is 11.6 Å². The van der Waals surface area contributed by atoms with Crippen LogP contribution >= 0.6 is 0 Å². The van der Waals surface area contributed by atoms with Crippen molar-refractivity contribution in [2.45, 2.75) is 92.4 Å². The Morgan fingerprint density at radius 1 is 0.909 bits per heavy atom. The third kappa shape index (κ3) is 14.2. The molecule has 0 aromatic rings. The van der Waals surface area contributed by atoms with Crippen LogP contribution in [0, 0.1) is 17.8 Å². The van der Waals surface area contributed by atoms with Gasteiger partial charge in [0.1, 0.15) is 0 Å². The lowest BCUT2D eigenvalue weighted by atomic mass is 9.91. The molecule has 0 rings (SSSR count). The number of carboxylic acids is 1. The number of hydrogen-bond donors (Lipinski definition) is 1. The van der Waals surface area contributed by atoms with Gasteiger partial charge in [-0.2, -0.15) is 0 Å². The molecule has 2 heteroatoms. The van der Waals surface area contributed by atoms with Crippen LogP contribution < -0.4 is 0 Å². The van der Waals surface area contributed by atoms with Crippen molar-refractivity contribution in [2.75, 3.05) is 0 Å². The predicted octanol–water partition coefficient (Wildman–Crippen LogP) is 6.57. The summed E-state index contributed by atoms with van der Waals surface area (Å²) in [6, 6.07) is 0. The molecule has 0 amide bonds. The molecule has 0 aliphatic carbocycles. The predicted molar refractivity (Wildman–Crippen MR) is 97.2 cm³/mol. The van der Waals surface area contributed by atoms with E-state index in [1.165, 1.54) is 51.0 Å². The first kappa shape index (κ1) is 21.2. The van der Waals surface area contributed by atoms with Gasteiger partial charge < -0.3 is 5.11 Å². The summed E-state index contributed by atoms with van der Waals surface area (Å²) < 4.78 is 0. The fourth-order valence-electron chi connectivity index (χ4n) is 2.99. The van der Waals surface area contributed by atoms with E-state index in [-0.39, 0.29) is 1.43 Å². The number of aliphatic carboxylic acids is 1. The SMILES string of the molecule is C/C(=C\C(=O)O)CCC[C@H](C)CCC[C@H](C)CCCC(C)C.[H+]. The molecule has 0 saturated heterocycles. The van der Waals surface area contributed by atoms with Gasteiger partial charge in [0, 0.05) is 6.08 Å². The van der Waals surface area contributed by atoms with Gasteiger partial charge in [-0.15, -0.1) is 0 Å². The van der Waals surface area contributed by atoms with Crippen LogP contribution in [-0.2, 0) is 4.79 Å². The number of allylic oxidation sites excluding steroid dienone is 1. The fourth-order valence-corrected chi connectivity index (χ4v) is 2.99. The van der Waals surface area contributed by atoms with Crippen LogP contribution in [0.15, 0.2) is 11.6 Å². The Labute approximate surface area is 139 Å². The third-order valence-corrected chi connectivity index (χ3v) is 4.51. The maximum absolute atomic E-state index is 10.5. The van der Waals surface area contributed by atoms with E-state index < -0.39 is 5.97 Å². The first-order chi connectivity index (χ1) is 10.3. The summed E-state index contributed by atoms with van der Waals surface area (Å²) in [5.41, 5.74) is 0.985. The van der Waals surface area contributed by atoms with Crippen LogP contribution in [0.3, 0.4) is 0 Å². The molecule has 1 N–H and O–H groups in total. The van der Waals surface area contributed by atoms with Crippen molar-refractivity contribution < 1.29 is 11.3 Å². The van der Waals surface area contributed by atoms with Gasteiger partial charge in [-0.1, -0.05) is 78.2 Å². The summed E-state index contributed by atoms with van der Waals surface area (Å²) in [6.07, 6.45) is 12.7. The quantitative estimate of drug-likeness (QED) is 0.391. The van der Waals surface area contributed by atoms with Crippen molar-refractivity contribution in [1.29, 1.82) is 0 Å². The number of carbonyl (C=O) groups is 1. The molecule has 0 saturated carbocycles. The Hall–Kier alpha value is -0.790. The summed E-state index contributed by atoms with van der Waals surface area (Å²) in [6.45, 7) is 11.3. The molecule has 0 aliphatic rings. The van der Waals surface area contributed by atoms with Gasteiger partial charge in [0.2, 0.25) is 0 Å². The minimum atomic E-state index is -0.822. The highest BCUT2D eigenvalue weighted by Gasteiger charge is 2.06. The highest BCUT2D eigenvalue weighted by molar-refractivity contribution is 5.80. The van der Waals surface area contributed by atoms with Crippen LogP contribution in [0.5, 0.6) is 0 Å². The van der Waals surface area contributed by atoms with Crippen LogP contribution in [-0.4, -0.2) is 11.1 Å². The molecule has 2 atom stereocenters. The van der Waals surface area contributed by atoms with Crippen molar-refractivity contribution in [1.82, 2.24) is 0 Å². The molecule has 0 spiro atoms. The summed E-state index contributed by atoms with van der Waals surface area (Å²) in [5.74, 6) is 1.65. The van der Waals surface area contributed by atoms with Gasteiger partial charge in [-0.3, -0.25) is 0 Å². The van der Waals surface area contributed by atoms with Crippen LogP contribution in [0.25, 0.3) is 0 Å². The summed E-state index contributed by atoms with van der Waals surface area (Å²) in [5, 5.41) is 8.68. The largest absolute Gasteiger partial charge is 1.00 e. The van der Waals surface area contributed by atoms with E-state index in [2.05, 4.69) is 27.7 Å². The Kier molecular flexibility index (Phi) is 12.3. The molecule has 2 nitrogen and oxygen atoms in total. The second-order valence-electron chi connectivity index (χ2n) is 7.69. The van der Waals surface area contributed by atoms with Gasteiger partial charge >= 0.3 is 7.40 Å². The number of hydrogen-bond acceptors (Lipinski definition) is 1. The normalized spacial score (nSPS) is 15.1. The topological polar surface area (TPSA) is 37.3 Å². The smallest absolute Gasteiger partial charge is 0.478 e. The average Bonchev–Trinajstić information content (AvgIpc) is 2.37. The van der Waals surface area contributed by atoms with Gasteiger partial charge in [0.05, 0.1) is 0 Å². The molecule has 0 heterocycles. The first-order valence-corrected chi connectivity index (χ1v) is 9.21. The zero-order valence-corrected chi connectivity index (χ0v) is 15.5. The number of rotatable bonds is 13. The summed E-state index contributed by atoms with van der Waals surface area (Å²) in [7, 11) is 0. The lowest BCUT2D eigenvalue weighted by molar-refractivity contribution is -0.131. The lowest BCUT2D eigenvalue weighted by Gasteiger charge is -2.15. The zero-order chi connectivity index (χ0) is 17.0. The maximum Gasteiger partial charge on any atom is 1.00 e. The molecule has 0 bridgehead atoms. The van der Waals surface area contributed by atoms with Crippen LogP contribution in [0.4, 0.5) is 0 Å². The summed E-state index contributed by atoms with van der Waals surface area (Å²) in [4.78, 5) is 10.5. The van der Waals surface area contributed by atoms with E-state index in [0.29, 0.717) is 0 Å². The van der Waals surface area contributed by atoms with E-state index in [4.69, 9.17) is 5.11 Å². The van der Waals surface area contributed by atoms with E-state index in [0.717, 1.165) is 36.2 Å². The molecule has 0 fully saturated rings. The third-order valence-electron chi connectivity index (χ3n) is 4.51. The second kappa shape index (κ2) is 12.7. The summed E-state index contributed by atoms with van der Waals surface area (Å²) >= 11 is 0. The Morgan fingerprint density at radius 3 is 1.82 bits per heavy atom. The average molecular weight is 312 g/mol. The standard InChI is InChI=1S/C20H38O2/c1-16(2)9-6-10-17(3)11-7-12-18(4)13-8-14-19(5)15-20(21)22/h15-18H,6-14H2,1-5H3,(H,21,22)/p+1/b19-15+/t17-,18-/m1/s1.